The number of ketones is 1. The third kappa shape index (κ3) is 2.82. The van der Waals surface area contributed by atoms with Gasteiger partial charge in [-0.25, -0.2) is 14.3 Å². The van der Waals surface area contributed by atoms with Gasteiger partial charge in [-0.05, 0) is 30.3 Å². The number of carbonyl (C=O) groups is 2. The Labute approximate surface area is 153 Å². The molecule has 0 aliphatic rings. The number of carbonyl (C=O) groups excluding carboxylic acids is 1. The van der Waals surface area contributed by atoms with Crippen LogP contribution in [0.1, 0.15) is 16.1 Å². The minimum atomic E-state index is -1.06. The number of amides is 1. The van der Waals surface area contributed by atoms with Gasteiger partial charge in [-0.15, -0.1) is 0 Å². The molecular weight excluding hydrogens is 348 g/mol. The number of hydrogen-bond acceptors (Lipinski definition) is 5. The lowest BCUT2D eigenvalue weighted by Crippen LogP contribution is -2.23. The predicted octanol–water partition coefficient (Wildman–Crippen LogP) is 3.33. The Hall–Kier alpha value is -3.94. The average Bonchev–Trinajstić information content (AvgIpc) is 3.36. The van der Waals surface area contributed by atoms with Gasteiger partial charge in [-0.1, -0.05) is 12.1 Å². The summed E-state index contributed by atoms with van der Waals surface area (Å²) in [4.78, 5) is 29.2. The Morgan fingerprint density at radius 3 is 2.78 bits per heavy atom. The van der Waals surface area contributed by atoms with Crippen LogP contribution in [0.5, 0.6) is 0 Å². The molecule has 8 heteroatoms. The van der Waals surface area contributed by atoms with E-state index in [0.29, 0.717) is 22.6 Å². The van der Waals surface area contributed by atoms with Crippen molar-refractivity contribution in [3.05, 3.63) is 72.4 Å². The first-order valence-corrected chi connectivity index (χ1v) is 8.04. The highest BCUT2D eigenvalue weighted by Crippen LogP contribution is 2.26. The highest BCUT2D eigenvalue weighted by Gasteiger charge is 2.20. The van der Waals surface area contributed by atoms with Gasteiger partial charge in [0.2, 0.25) is 5.78 Å². The van der Waals surface area contributed by atoms with Gasteiger partial charge in [-0.2, -0.15) is 5.10 Å². The number of anilines is 1. The van der Waals surface area contributed by atoms with Crippen LogP contribution in [0.15, 0.2) is 65.5 Å². The molecule has 4 rings (SSSR count). The molecule has 3 aromatic heterocycles. The Morgan fingerprint density at radius 2 is 2.04 bits per heavy atom. The summed E-state index contributed by atoms with van der Waals surface area (Å²) in [5.74, 6) is -0.0961. The zero-order valence-corrected chi connectivity index (χ0v) is 14.2. The monoisotopic (exact) mass is 362 g/mol. The smallest absolute Gasteiger partial charge is 0.411 e. The fourth-order valence-corrected chi connectivity index (χ4v) is 2.80. The Bertz CT molecular complexity index is 1150. The van der Waals surface area contributed by atoms with Crippen LogP contribution in [0.4, 0.5) is 10.5 Å². The van der Waals surface area contributed by atoms with E-state index in [0.717, 1.165) is 10.5 Å². The molecule has 0 aliphatic heterocycles. The molecule has 8 nitrogen and oxygen atoms in total. The van der Waals surface area contributed by atoms with Crippen LogP contribution in [0, 0.1) is 0 Å². The van der Waals surface area contributed by atoms with Crippen molar-refractivity contribution in [1.29, 1.82) is 0 Å². The molecule has 1 N–H and O–H groups in total. The molecule has 0 atom stereocenters. The van der Waals surface area contributed by atoms with Crippen molar-refractivity contribution in [2.45, 2.75) is 0 Å². The molecule has 0 saturated carbocycles. The van der Waals surface area contributed by atoms with E-state index in [-0.39, 0.29) is 11.5 Å². The third-order valence-electron chi connectivity index (χ3n) is 4.21. The van der Waals surface area contributed by atoms with Crippen LogP contribution >= 0.6 is 0 Å². The second kappa shape index (κ2) is 6.41. The first-order chi connectivity index (χ1) is 13.1. The van der Waals surface area contributed by atoms with Gasteiger partial charge >= 0.3 is 6.09 Å². The molecular formula is C19H14N4O4. The molecule has 3 heterocycles. The van der Waals surface area contributed by atoms with Crippen LogP contribution in [0.3, 0.4) is 0 Å². The minimum absolute atomic E-state index is 0.210. The average molecular weight is 362 g/mol. The van der Waals surface area contributed by atoms with Crippen molar-refractivity contribution in [1.82, 2.24) is 14.6 Å². The molecule has 0 saturated heterocycles. The zero-order valence-electron chi connectivity index (χ0n) is 14.2. The van der Waals surface area contributed by atoms with Gasteiger partial charge in [0.25, 0.3) is 0 Å². The molecule has 0 radical (unpaired) electrons. The van der Waals surface area contributed by atoms with E-state index >= 15 is 0 Å². The van der Waals surface area contributed by atoms with Crippen LogP contribution in [0.25, 0.3) is 16.9 Å². The number of benzene rings is 1. The normalized spacial score (nSPS) is 10.9. The van der Waals surface area contributed by atoms with E-state index < -0.39 is 6.09 Å². The Morgan fingerprint density at radius 1 is 1.19 bits per heavy atom. The summed E-state index contributed by atoms with van der Waals surface area (Å²) in [6.45, 7) is 0. The van der Waals surface area contributed by atoms with E-state index in [2.05, 4.69) is 10.1 Å². The molecule has 0 bridgehead atoms. The number of aromatic nitrogens is 3. The molecule has 0 unspecified atom stereocenters. The number of rotatable bonds is 4. The summed E-state index contributed by atoms with van der Waals surface area (Å²) < 4.78 is 6.72. The van der Waals surface area contributed by atoms with E-state index in [4.69, 9.17) is 4.42 Å². The van der Waals surface area contributed by atoms with E-state index in [1.165, 1.54) is 19.5 Å². The molecule has 0 fully saturated rings. The predicted molar refractivity (Wildman–Crippen MR) is 97.0 cm³/mol. The maximum Gasteiger partial charge on any atom is 0.411 e. The highest BCUT2D eigenvalue weighted by molar-refractivity contribution is 6.10. The van der Waals surface area contributed by atoms with E-state index in [9.17, 15) is 14.7 Å². The largest absolute Gasteiger partial charge is 0.465 e. The Kier molecular flexibility index (Phi) is 3.92. The fourth-order valence-electron chi connectivity index (χ4n) is 2.80. The summed E-state index contributed by atoms with van der Waals surface area (Å²) in [5.41, 5.74) is 2.66. The number of hydrogen-bond donors (Lipinski definition) is 1. The molecule has 4 aromatic rings. The molecule has 0 aliphatic carbocycles. The second-order valence-electron chi connectivity index (χ2n) is 5.82. The topological polar surface area (TPSA) is 101 Å². The zero-order chi connectivity index (χ0) is 19.0. The molecule has 1 amide bonds. The summed E-state index contributed by atoms with van der Waals surface area (Å²) in [6.07, 6.45) is 3.41. The maximum absolute atomic E-state index is 12.6. The quantitative estimate of drug-likeness (QED) is 0.559. The van der Waals surface area contributed by atoms with Crippen molar-refractivity contribution in [2.75, 3.05) is 11.9 Å². The van der Waals surface area contributed by atoms with Crippen molar-refractivity contribution in [3.8, 4) is 11.3 Å². The summed E-state index contributed by atoms with van der Waals surface area (Å²) in [6, 6.07) is 12.0. The van der Waals surface area contributed by atoms with Crippen LogP contribution < -0.4 is 4.90 Å². The van der Waals surface area contributed by atoms with Gasteiger partial charge in [0.1, 0.15) is 0 Å². The van der Waals surface area contributed by atoms with Gasteiger partial charge < -0.3 is 9.52 Å². The van der Waals surface area contributed by atoms with Gasteiger partial charge in [0.05, 0.1) is 23.7 Å². The molecule has 134 valence electrons. The van der Waals surface area contributed by atoms with Crippen LogP contribution in [-0.4, -0.2) is 38.6 Å². The SMILES string of the molecule is CN(C(=O)O)c1cccc(-c2ccnc3c(C(=O)c4ccco4)cnn23)c1. The fraction of sp³-hybridized carbons (Fsp3) is 0.0526. The minimum Gasteiger partial charge on any atom is -0.465 e. The number of fused-ring (bicyclic) bond motifs is 1. The summed E-state index contributed by atoms with van der Waals surface area (Å²) in [7, 11) is 1.47. The first kappa shape index (κ1) is 16.5. The molecule has 0 spiro atoms. The van der Waals surface area contributed by atoms with Crippen molar-refractivity contribution in [3.63, 3.8) is 0 Å². The van der Waals surface area contributed by atoms with Crippen molar-refractivity contribution in [2.24, 2.45) is 0 Å². The number of nitrogens with zero attached hydrogens (tertiary/aromatic N) is 4. The lowest BCUT2D eigenvalue weighted by molar-refractivity contribution is 0.101. The lowest BCUT2D eigenvalue weighted by Gasteiger charge is -2.14. The highest BCUT2D eigenvalue weighted by atomic mass is 16.4. The van der Waals surface area contributed by atoms with Gasteiger partial charge in [-0.3, -0.25) is 9.69 Å². The Balaban J connectivity index is 1.82. The van der Waals surface area contributed by atoms with Crippen molar-refractivity contribution >= 4 is 23.2 Å². The maximum atomic E-state index is 12.6. The van der Waals surface area contributed by atoms with Crippen LogP contribution in [-0.2, 0) is 0 Å². The number of carboxylic acid groups (broad SMARTS) is 1. The van der Waals surface area contributed by atoms with Crippen molar-refractivity contribution < 1.29 is 19.1 Å². The summed E-state index contributed by atoms with van der Waals surface area (Å²) in [5, 5.41) is 13.5. The van der Waals surface area contributed by atoms with E-state index in [1.807, 2.05) is 6.07 Å². The molecule has 1 aromatic carbocycles. The first-order valence-electron chi connectivity index (χ1n) is 8.04. The standard InChI is InChI=1S/C19H14N4O4/c1-22(19(25)26)13-5-2-4-12(10-13)15-7-8-20-18-14(11-21-23(15)18)17(24)16-6-3-9-27-16/h2-11H,1H3,(H,25,26). The third-order valence-corrected chi connectivity index (χ3v) is 4.21. The summed E-state index contributed by atoms with van der Waals surface area (Å²) >= 11 is 0. The molecule has 27 heavy (non-hydrogen) atoms. The number of furan rings is 1. The van der Waals surface area contributed by atoms with Gasteiger partial charge in [0.15, 0.2) is 11.4 Å². The second-order valence-corrected chi connectivity index (χ2v) is 5.82. The lowest BCUT2D eigenvalue weighted by atomic mass is 10.1. The van der Waals surface area contributed by atoms with Gasteiger partial charge in [0, 0.05) is 24.5 Å². The van der Waals surface area contributed by atoms with E-state index in [1.54, 1.807) is 47.1 Å². The van der Waals surface area contributed by atoms with Crippen LogP contribution in [0.2, 0.25) is 0 Å².